The maximum Gasteiger partial charge on any atom is 0.338 e. The summed E-state index contributed by atoms with van der Waals surface area (Å²) in [5, 5.41) is 6.10. The number of anilines is 3. The summed E-state index contributed by atoms with van der Waals surface area (Å²) in [4.78, 5) is 27.4. The van der Waals surface area contributed by atoms with Gasteiger partial charge in [-0.25, -0.2) is 9.78 Å². The third-order valence-electron chi connectivity index (χ3n) is 3.17. The van der Waals surface area contributed by atoms with Crippen LogP contribution in [0.15, 0.2) is 36.4 Å². The highest BCUT2D eigenvalue weighted by atomic mass is 35.5. The third kappa shape index (κ3) is 5.96. The van der Waals surface area contributed by atoms with E-state index in [2.05, 4.69) is 15.6 Å². The Kier molecular flexibility index (Phi) is 6.59. The van der Waals surface area contributed by atoms with Crippen molar-refractivity contribution < 1.29 is 14.3 Å². The molecule has 0 saturated heterocycles. The van der Waals surface area contributed by atoms with Gasteiger partial charge in [-0.1, -0.05) is 11.6 Å². The van der Waals surface area contributed by atoms with Gasteiger partial charge >= 0.3 is 5.97 Å². The van der Waals surface area contributed by atoms with Crippen LogP contribution < -0.4 is 16.4 Å². The number of carbonyl (C=O) groups excluding carboxylic acids is 2. The molecule has 1 heterocycles. The highest BCUT2D eigenvalue weighted by Gasteiger charge is 2.07. The number of benzene rings is 1. The SMILES string of the molecule is CCOC(=O)c1ccc(NC(=O)CCNc2cc(N)nc(Cl)c2)cc1. The van der Waals surface area contributed by atoms with E-state index in [4.69, 9.17) is 22.1 Å². The van der Waals surface area contributed by atoms with Crippen LogP contribution in [0.5, 0.6) is 0 Å². The number of nitrogens with two attached hydrogens (primary N) is 1. The van der Waals surface area contributed by atoms with Crippen LogP contribution in [0.1, 0.15) is 23.7 Å². The molecule has 0 spiro atoms. The molecule has 0 radical (unpaired) electrons. The van der Waals surface area contributed by atoms with Gasteiger partial charge in [-0.2, -0.15) is 0 Å². The number of rotatable bonds is 7. The summed E-state index contributed by atoms with van der Waals surface area (Å²) in [5.41, 5.74) is 7.34. The van der Waals surface area contributed by atoms with Crippen molar-refractivity contribution in [3.05, 3.63) is 47.1 Å². The molecule has 0 fully saturated rings. The number of amides is 1. The molecule has 7 nitrogen and oxygen atoms in total. The molecule has 0 bridgehead atoms. The van der Waals surface area contributed by atoms with Crippen LogP contribution in [0, 0.1) is 0 Å². The molecule has 132 valence electrons. The summed E-state index contributed by atoms with van der Waals surface area (Å²) >= 11 is 5.81. The number of pyridine rings is 1. The summed E-state index contributed by atoms with van der Waals surface area (Å²) in [5.74, 6) is -0.245. The van der Waals surface area contributed by atoms with Crippen molar-refractivity contribution in [1.29, 1.82) is 0 Å². The van der Waals surface area contributed by atoms with E-state index in [0.29, 0.717) is 35.9 Å². The van der Waals surface area contributed by atoms with Crippen LogP contribution in [0.25, 0.3) is 0 Å². The van der Waals surface area contributed by atoms with Crippen LogP contribution in [-0.2, 0) is 9.53 Å². The Bertz CT molecular complexity index is 730. The number of ether oxygens (including phenoxy) is 1. The predicted molar refractivity (Wildman–Crippen MR) is 97.8 cm³/mol. The third-order valence-corrected chi connectivity index (χ3v) is 3.37. The molecule has 4 N–H and O–H groups in total. The van der Waals surface area contributed by atoms with Gasteiger partial charge in [-0.05, 0) is 37.3 Å². The highest BCUT2D eigenvalue weighted by Crippen LogP contribution is 2.16. The van der Waals surface area contributed by atoms with Crippen molar-refractivity contribution >= 4 is 40.7 Å². The van der Waals surface area contributed by atoms with Gasteiger partial charge < -0.3 is 21.1 Å². The van der Waals surface area contributed by atoms with Gasteiger partial charge in [0, 0.05) is 30.4 Å². The lowest BCUT2D eigenvalue weighted by Crippen LogP contribution is -2.16. The summed E-state index contributed by atoms with van der Waals surface area (Å²) in [6, 6.07) is 9.78. The fourth-order valence-electron chi connectivity index (χ4n) is 2.07. The van der Waals surface area contributed by atoms with Gasteiger partial charge in [0.25, 0.3) is 0 Å². The molecule has 1 aromatic carbocycles. The van der Waals surface area contributed by atoms with E-state index >= 15 is 0 Å². The van der Waals surface area contributed by atoms with E-state index in [-0.39, 0.29) is 23.5 Å². The Morgan fingerprint density at radius 2 is 1.92 bits per heavy atom. The van der Waals surface area contributed by atoms with Crippen molar-refractivity contribution in [2.24, 2.45) is 0 Å². The summed E-state index contributed by atoms with van der Waals surface area (Å²) in [6.45, 7) is 2.47. The molecule has 2 aromatic rings. The average Bonchev–Trinajstić information content (AvgIpc) is 2.55. The number of nitrogens with zero attached hydrogens (tertiary/aromatic N) is 1. The molecule has 0 saturated carbocycles. The number of aromatic nitrogens is 1. The average molecular weight is 363 g/mol. The Labute approximate surface area is 150 Å². The van der Waals surface area contributed by atoms with Gasteiger partial charge in [0.05, 0.1) is 12.2 Å². The molecule has 0 atom stereocenters. The largest absolute Gasteiger partial charge is 0.462 e. The molecular formula is C17H19ClN4O3. The molecule has 0 aliphatic heterocycles. The second-order valence-corrected chi connectivity index (χ2v) is 5.51. The minimum Gasteiger partial charge on any atom is -0.462 e. The number of esters is 1. The predicted octanol–water partition coefficient (Wildman–Crippen LogP) is 2.93. The first-order valence-corrected chi connectivity index (χ1v) is 8.09. The summed E-state index contributed by atoms with van der Waals surface area (Å²) < 4.78 is 4.90. The smallest absolute Gasteiger partial charge is 0.338 e. The topological polar surface area (TPSA) is 106 Å². The monoisotopic (exact) mass is 362 g/mol. The number of carbonyl (C=O) groups is 2. The van der Waals surface area contributed by atoms with E-state index in [1.165, 1.54) is 0 Å². The number of hydrogen-bond acceptors (Lipinski definition) is 6. The van der Waals surface area contributed by atoms with Gasteiger partial charge in [-0.3, -0.25) is 4.79 Å². The van der Waals surface area contributed by atoms with Crippen molar-refractivity contribution in [2.75, 3.05) is 29.5 Å². The van der Waals surface area contributed by atoms with Crippen LogP contribution >= 0.6 is 11.6 Å². The first-order valence-electron chi connectivity index (χ1n) is 7.72. The lowest BCUT2D eigenvalue weighted by molar-refractivity contribution is -0.115. The lowest BCUT2D eigenvalue weighted by Gasteiger charge is -2.09. The van der Waals surface area contributed by atoms with E-state index in [9.17, 15) is 9.59 Å². The van der Waals surface area contributed by atoms with E-state index in [1.807, 2.05) is 0 Å². The minimum absolute atomic E-state index is 0.162. The lowest BCUT2D eigenvalue weighted by atomic mass is 10.2. The second-order valence-electron chi connectivity index (χ2n) is 5.13. The van der Waals surface area contributed by atoms with Gasteiger partial charge in [0.1, 0.15) is 11.0 Å². The molecule has 0 aliphatic rings. The van der Waals surface area contributed by atoms with Gasteiger partial charge in [0.15, 0.2) is 0 Å². The van der Waals surface area contributed by atoms with Crippen LogP contribution in [0.4, 0.5) is 17.2 Å². The normalized spacial score (nSPS) is 10.2. The molecule has 0 unspecified atom stereocenters. The zero-order valence-electron chi connectivity index (χ0n) is 13.7. The first-order chi connectivity index (χ1) is 12.0. The summed E-state index contributed by atoms with van der Waals surface area (Å²) in [7, 11) is 0. The quantitative estimate of drug-likeness (QED) is 0.516. The Morgan fingerprint density at radius 3 is 2.56 bits per heavy atom. The number of nitrogens with one attached hydrogen (secondary N) is 2. The first kappa shape index (κ1) is 18.5. The Morgan fingerprint density at radius 1 is 1.20 bits per heavy atom. The Hall–Kier alpha value is -2.80. The van der Waals surface area contributed by atoms with Crippen molar-refractivity contribution in [1.82, 2.24) is 4.98 Å². The van der Waals surface area contributed by atoms with Crippen molar-refractivity contribution in [2.45, 2.75) is 13.3 Å². The fraction of sp³-hybridized carbons (Fsp3) is 0.235. The molecule has 0 aliphatic carbocycles. The number of nitrogen functional groups attached to an aromatic ring is 1. The molecule has 2 rings (SSSR count). The maximum atomic E-state index is 12.0. The van der Waals surface area contributed by atoms with Crippen LogP contribution in [0.2, 0.25) is 5.15 Å². The molecule has 25 heavy (non-hydrogen) atoms. The minimum atomic E-state index is -0.389. The molecule has 1 amide bonds. The maximum absolute atomic E-state index is 12.0. The van der Waals surface area contributed by atoms with Crippen molar-refractivity contribution in [3.63, 3.8) is 0 Å². The van der Waals surface area contributed by atoms with Gasteiger partial charge in [0.2, 0.25) is 5.91 Å². The molecule has 1 aromatic heterocycles. The molecular weight excluding hydrogens is 344 g/mol. The van der Waals surface area contributed by atoms with Gasteiger partial charge in [-0.15, -0.1) is 0 Å². The van der Waals surface area contributed by atoms with Crippen molar-refractivity contribution in [3.8, 4) is 0 Å². The summed E-state index contributed by atoms with van der Waals surface area (Å²) in [6.07, 6.45) is 0.249. The highest BCUT2D eigenvalue weighted by molar-refractivity contribution is 6.29. The van der Waals surface area contributed by atoms with E-state index < -0.39 is 0 Å². The van der Waals surface area contributed by atoms with E-state index in [0.717, 1.165) is 0 Å². The van der Waals surface area contributed by atoms with Crippen LogP contribution in [-0.4, -0.2) is 30.0 Å². The zero-order chi connectivity index (χ0) is 18.2. The number of hydrogen-bond donors (Lipinski definition) is 3. The zero-order valence-corrected chi connectivity index (χ0v) is 14.5. The number of halogens is 1. The van der Waals surface area contributed by atoms with E-state index in [1.54, 1.807) is 43.3 Å². The Balaban J connectivity index is 1.81. The molecule has 8 heteroatoms. The standard InChI is InChI=1S/C17H19ClN4O3/c1-2-25-17(24)11-3-5-12(6-4-11)21-16(23)7-8-20-13-9-14(18)22-15(19)10-13/h3-6,9-10H,2,7-8H2,1H3,(H,21,23)(H3,19,20,22). The fourth-order valence-corrected chi connectivity index (χ4v) is 2.28. The van der Waals surface area contributed by atoms with Crippen LogP contribution in [0.3, 0.4) is 0 Å². The second kappa shape index (κ2) is 8.89.